The molecule has 0 saturated heterocycles. The number of ether oxygens (including phenoxy) is 1. The summed E-state index contributed by atoms with van der Waals surface area (Å²) in [6.45, 7) is 3.21. The second-order valence-electron chi connectivity index (χ2n) is 8.99. The molecule has 2 aromatic carbocycles. The third kappa shape index (κ3) is 5.00. The molecular formula is C24H25F3N2O5. The van der Waals surface area contributed by atoms with Crippen molar-refractivity contribution in [3.8, 4) is 11.1 Å². The molecule has 10 heteroatoms. The number of alkyl carbamates (subject to hydrolysis) is 1. The third-order valence-corrected chi connectivity index (χ3v) is 5.77. The summed E-state index contributed by atoms with van der Waals surface area (Å²) in [5.74, 6) is -3.62. The summed E-state index contributed by atoms with van der Waals surface area (Å²) in [5, 5.41) is 12.9. The van der Waals surface area contributed by atoms with Gasteiger partial charge in [0.1, 0.15) is 6.61 Å². The molecule has 3 N–H and O–H groups in total. The van der Waals surface area contributed by atoms with Gasteiger partial charge in [-0.25, -0.2) is 9.59 Å². The first-order valence-electron chi connectivity index (χ1n) is 10.5. The van der Waals surface area contributed by atoms with Crippen LogP contribution in [0.3, 0.4) is 0 Å². The quantitative estimate of drug-likeness (QED) is 0.553. The normalized spacial score (nSPS) is 15.0. The Morgan fingerprint density at radius 3 is 1.88 bits per heavy atom. The molecule has 0 radical (unpaired) electrons. The maximum atomic E-state index is 13.1. The average Bonchev–Trinajstić information content (AvgIpc) is 3.04. The average molecular weight is 478 g/mol. The van der Waals surface area contributed by atoms with Crippen molar-refractivity contribution >= 4 is 18.0 Å². The van der Waals surface area contributed by atoms with Gasteiger partial charge >= 0.3 is 18.2 Å². The highest BCUT2D eigenvalue weighted by molar-refractivity contribution is 5.88. The minimum absolute atomic E-state index is 0.0211. The van der Waals surface area contributed by atoms with E-state index in [4.69, 9.17) is 9.84 Å². The molecule has 0 heterocycles. The van der Waals surface area contributed by atoms with E-state index in [0.29, 0.717) is 6.92 Å². The number of halogens is 3. The number of carboxylic acids is 1. The highest BCUT2D eigenvalue weighted by atomic mass is 19.4. The lowest BCUT2D eigenvalue weighted by atomic mass is 9.97. The van der Waals surface area contributed by atoms with E-state index in [0.717, 1.165) is 22.3 Å². The Morgan fingerprint density at radius 2 is 1.41 bits per heavy atom. The Hall–Kier alpha value is -3.56. The zero-order valence-electron chi connectivity index (χ0n) is 18.8. The van der Waals surface area contributed by atoms with Gasteiger partial charge < -0.3 is 20.5 Å². The standard InChI is InChI=1S/C24H25F3N2O5/c1-22(2,12-19(30)28-23(3,20(31)32)24(25,26)27)29-21(33)34-13-18-16-10-6-4-8-14(16)15-9-5-7-11-17(15)18/h4-11,18H,12-13H2,1-3H3,(H,28,30)(H,29,33)(H,31,32). The number of carbonyl (C=O) groups is 3. The summed E-state index contributed by atoms with van der Waals surface area (Å²) in [6.07, 6.45) is -6.66. The van der Waals surface area contributed by atoms with Gasteiger partial charge in [-0.3, -0.25) is 4.79 Å². The topological polar surface area (TPSA) is 105 Å². The van der Waals surface area contributed by atoms with Gasteiger partial charge in [-0.05, 0) is 43.0 Å². The van der Waals surface area contributed by atoms with Crippen molar-refractivity contribution in [3.05, 3.63) is 59.7 Å². The Balaban J connectivity index is 1.62. The van der Waals surface area contributed by atoms with Gasteiger partial charge in [0.05, 0.1) is 0 Å². The fraction of sp³-hybridized carbons (Fsp3) is 0.375. The van der Waals surface area contributed by atoms with E-state index >= 15 is 0 Å². The number of hydrogen-bond acceptors (Lipinski definition) is 4. The van der Waals surface area contributed by atoms with Gasteiger partial charge in [0.2, 0.25) is 11.4 Å². The number of carboxylic acid groups (broad SMARTS) is 1. The molecule has 0 aromatic heterocycles. The van der Waals surface area contributed by atoms with Crippen molar-refractivity contribution in [2.45, 2.75) is 50.4 Å². The monoisotopic (exact) mass is 478 g/mol. The van der Waals surface area contributed by atoms with E-state index in [1.807, 2.05) is 48.5 Å². The molecule has 34 heavy (non-hydrogen) atoms. The Morgan fingerprint density at radius 1 is 0.912 bits per heavy atom. The van der Waals surface area contributed by atoms with Crippen molar-refractivity contribution in [2.75, 3.05) is 6.61 Å². The Labute approximate surface area is 194 Å². The van der Waals surface area contributed by atoms with Gasteiger partial charge in [0.25, 0.3) is 0 Å². The van der Waals surface area contributed by atoms with E-state index in [1.165, 1.54) is 19.2 Å². The molecule has 3 rings (SSSR count). The minimum atomic E-state index is -5.21. The van der Waals surface area contributed by atoms with Crippen LogP contribution in [-0.4, -0.2) is 46.9 Å². The maximum absolute atomic E-state index is 13.1. The second-order valence-corrected chi connectivity index (χ2v) is 8.99. The predicted molar refractivity (Wildman–Crippen MR) is 117 cm³/mol. The fourth-order valence-corrected chi connectivity index (χ4v) is 3.92. The summed E-state index contributed by atoms with van der Waals surface area (Å²) in [7, 11) is 0. The molecule has 0 spiro atoms. The number of fused-ring (bicyclic) bond motifs is 3. The largest absolute Gasteiger partial charge is 0.479 e. The molecule has 2 amide bonds. The second kappa shape index (κ2) is 9.00. The number of carbonyl (C=O) groups excluding carboxylic acids is 2. The molecule has 1 unspecified atom stereocenters. The molecule has 0 aliphatic heterocycles. The van der Waals surface area contributed by atoms with Crippen LogP contribution in [0.2, 0.25) is 0 Å². The van der Waals surface area contributed by atoms with Crippen molar-refractivity contribution in [1.82, 2.24) is 10.6 Å². The fourth-order valence-electron chi connectivity index (χ4n) is 3.92. The number of aliphatic carboxylic acids is 1. The van der Waals surface area contributed by atoms with Gasteiger partial charge in [-0.15, -0.1) is 0 Å². The number of benzene rings is 2. The van der Waals surface area contributed by atoms with Crippen LogP contribution in [0.15, 0.2) is 48.5 Å². The first-order valence-corrected chi connectivity index (χ1v) is 10.5. The van der Waals surface area contributed by atoms with Crippen LogP contribution in [0.1, 0.15) is 44.2 Å². The summed E-state index contributed by atoms with van der Waals surface area (Å²) in [6, 6.07) is 15.5. The first kappa shape index (κ1) is 25.1. The predicted octanol–water partition coefficient (Wildman–Crippen LogP) is 4.22. The van der Waals surface area contributed by atoms with E-state index in [2.05, 4.69) is 5.32 Å². The Bertz CT molecular complexity index is 1070. The zero-order chi connectivity index (χ0) is 25.3. The molecule has 182 valence electrons. The lowest BCUT2D eigenvalue weighted by Gasteiger charge is -2.31. The van der Waals surface area contributed by atoms with Crippen LogP contribution in [-0.2, 0) is 14.3 Å². The Kier molecular flexibility index (Phi) is 6.64. The minimum Gasteiger partial charge on any atom is -0.479 e. The summed E-state index contributed by atoms with van der Waals surface area (Å²) < 4.78 is 44.8. The summed E-state index contributed by atoms with van der Waals surface area (Å²) in [4.78, 5) is 35.7. The van der Waals surface area contributed by atoms with E-state index in [-0.39, 0.29) is 12.5 Å². The molecule has 1 aliphatic carbocycles. The van der Waals surface area contributed by atoms with Crippen LogP contribution in [0.4, 0.5) is 18.0 Å². The lowest BCUT2D eigenvalue weighted by Crippen LogP contribution is -2.63. The van der Waals surface area contributed by atoms with E-state index in [9.17, 15) is 27.6 Å². The highest BCUT2D eigenvalue weighted by Gasteiger charge is 2.58. The molecule has 1 aliphatic rings. The van der Waals surface area contributed by atoms with E-state index < -0.39 is 41.6 Å². The molecule has 2 aromatic rings. The van der Waals surface area contributed by atoms with Gasteiger partial charge in [-0.1, -0.05) is 48.5 Å². The molecule has 0 fully saturated rings. The molecular weight excluding hydrogens is 453 g/mol. The number of rotatable bonds is 7. The lowest BCUT2D eigenvalue weighted by molar-refractivity contribution is -0.207. The van der Waals surface area contributed by atoms with Crippen molar-refractivity contribution in [2.24, 2.45) is 0 Å². The molecule has 0 bridgehead atoms. The molecule has 0 saturated carbocycles. The van der Waals surface area contributed by atoms with Gasteiger partial charge in [-0.2, -0.15) is 13.2 Å². The maximum Gasteiger partial charge on any atom is 0.422 e. The smallest absolute Gasteiger partial charge is 0.422 e. The molecule has 1 atom stereocenters. The van der Waals surface area contributed by atoms with Crippen LogP contribution >= 0.6 is 0 Å². The number of nitrogens with one attached hydrogen (secondary N) is 2. The van der Waals surface area contributed by atoms with Crippen molar-refractivity contribution in [1.29, 1.82) is 0 Å². The van der Waals surface area contributed by atoms with Gasteiger partial charge in [0, 0.05) is 17.9 Å². The van der Waals surface area contributed by atoms with Crippen LogP contribution in [0, 0.1) is 0 Å². The third-order valence-electron chi connectivity index (χ3n) is 5.77. The number of alkyl halides is 3. The van der Waals surface area contributed by atoms with Crippen LogP contribution in [0.5, 0.6) is 0 Å². The van der Waals surface area contributed by atoms with Gasteiger partial charge in [0.15, 0.2) is 0 Å². The highest BCUT2D eigenvalue weighted by Crippen LogP contribution is 2.44. The summed E-state index contributed by atoms with van der Waals surface area (Å²) in [5.41, 5.74) is -0.641. The first-order chi connectivity index (χ1) is 15.7. The van der Waals surface area contributed by atoms with Crippen LogP contribution < -0.4 is 10.6 Å². The SMILES string of the molecule is CC(C)(CC(=O)NC(C)(C(=O)O)C(F)(F)F)NC(=O)OCC1c2ccccc2-c2ccccc21. The number of hydrogen-bond donors (Lipinski definition) is 3. The van der Waals surface area contributed by atoms with E-state index in [1.54, 1.807) is 0 Å². The van der Waals surface area contributed by atoms with Crippen molar-refractivity contribution < 1.29 is 37.4 Å². The van der Waals surface area contributed by atoms with Crippen molar-refractivity contribution in [3.63, 3.8) is 0 Å². The zero-order valence-corrected chi connectivity index (χ0v) is 18.8. The molecule has 7 nitrogen and oxygen atoms in total. The number of amides is 2. The van der Waals surface area contributed by atoms with Crippen LogP contribution in [0.25, 0.3) is 11.1 Å². The summed E-state index contributed by atoms with van der Waals surface area (Å²) >= 11 is 0.